The SMILES string of the molecule is Cc1cc(C)cc(-c2nnc(SCC(=O)NCc3ccc(Cl)cc3)o2)c1. The number of thioether (sulfide) groups is 1. The quantitative estimate of drug-likeness (QED) is 0.634. The molecule has 0 aliphatic heterocycles. The van der Waals surface area contributed by atoms with Crippen LogP contribution in [0.4, 0.5) is 0 Å². The lowest BCUT2D eigenvalue weighted by Gasteiger charge is -2.04. The van der Waals surface area contributed by atoms with Crippen LogP contribution in [0.3, 0.4) is 0 Å². The first-order chi connectivity index (χ1) is 12.5. The number of nitrogens with one attached hydrogen (secondary N) is 1. The maximum absolute atomic E-state index is 12.0. The number of rotatable bonds is 6. The molecule has 1 heterocycles. The van der Waals surface area contributed by atoms with Crippen molar-refractivity contribution in [3.8, 4) is 11.5 Å². The van der Waals surface area contributed by atoms with Gasteiger partial charge in [0.1, 0.15) is 0 Å². The molecule has 1 N–H and O–H groups in total. The van der Waals surface area contributed by atoms with Crippen LogP contribution in [0.5, 0.6) is 0 Å². The number of amides is 1. The van der Waals surface area contributed by atoms with Gasteiger partial charge in [0.25, 0.3) is 5.22 Å². The maximum atomic E-state index is 12.0. The first kappa shape index (κ1) is 18.5. The van der Waals surface area contributed by atoms with E-state index in [0.29, 0.717) is 22.7 Å². The molecule has 5 nitrogen and oxygen atoms in total. The van der Waals surface area contributed by atoms with Crippen molar-refractivity contribution in [2.45, 2.75) is 25.6 Å². The molecule has 0 fully saturated rings. The summed E-state index contributed by atoms with van der Waals surface area (Å²) in [6.45, 7) is 4.50. The van der Waals surface area contributed by atoms with Gasteiger partial charge in [0.15, 0.2) is 0 Å². The Morgan fingerprint density at radius 3 is 2.50 bits per heavy atom. The highest BCUT2D eigenvalue weighted by Gasteiger charge is 2.12. The van der Waals surface area contributed by atoms with Crippen molar-refractivity contribution in [3.63, 3.8) is 0 Å². The van der Waals surface area contributed by atoms with Gasteiger partial charge in [0.05, 0.1) is 5.75 Å². The first-order valence-electron chi connectivity index (χ1n) is 8.06. The molecule has 3 aromatic rings. The van der Waals surface area contributed by atoms with E-state index in [0.717, 1.165) is 22.3 Å². The van der Waals surface area contributed by atoms with Crippen LogP contribution in [0.15, 0.2) is 52.1 Å². The topological polar surface area (TPSA) is 68.0 Å². The second-order valence-electron chi connectivity index (χ2n) is 5.94. The number of halogens is 1. The predicted molar refractivity (Wildman–Crippen MR) is 103 cm³/mol. The standard InChI is InChI=1S/C19H18ClN3O2S/c1-12-7-13(2)9-15(8-12)18-22-23-19(25-18)26-11-17(24)21-10-14-3-5-16(20)6-4-14/h3-9H,10-11H2,1-2H3,(H,21,24). The normalized spacial score (nSPS) is 10.7. The molecule has 0 radical (unpaired) electrons. The zero-order chi connectivity index (χ0) is 18.5. The molecule has 0 saturated heterocycles. The Hall–Kier alpha value is -2.31. The van der Waals surface area contributed by atoms with E-state index in [4.69, 9.17) is 16.0 Å². The molecule has 134 valence electrons. The van der Waals surface area contributed by atoms with Crippen LogP contribution in [-0.4, -0.2) is 21.9 Å². The van der Waals surface area contributed by atoms with Gasteiger partial charge >= 0.3 is 0 Å². The number of hydrogen-bond donors (Lipinski definition) is 1. The van der Waals surface area contributed by atoms with Gasteiger partial charge < -0.3 is 9.73 Å². The lowest BCUT2D eigenvalue weighted by molar-refractivity contribution is -0.118. The van der Waals surface area contributed by atoms with Crippen LogP contribution < -0.4 is 5.32 Å². The number of benzene rings is 2. The maximum Gasteiger partial charge on any atom is 0.277 e. The Bertz CT molecular complexity index is 889. The van der Waals surface area contributed by atoms with Crippen LogP contribution in [0, 0.1) is 13.8 Å². The molecule has 0 bridgehead atoms. The number of carbonyl (C=O) groups excluding carboxylic acids is 1. The summed E-state index contributed by atoms with van der Waals surface area (Å²) in [6.07, 6.45) is 0. The van der Waals surface area contributed by atoms with E-state index in [9.17, 15) is 4.79 Å². The second-order valence-corrected chi connectivity index (χ2v) is 7.30. The smallest absolute Gasteiger partial charge is 0.277 e. The van der Waals surface area contributed by atoms with E-state index in [1.165, 1.54) is 11.8 Å². The van der Waals surface area contributed by atoms with E-state index in [1.54, 1.807) is 12.1 Å². The fraction of sp³-hybridized carbons (Fsp3) is 0.211. The Morgan fingerprint density at radius 2 is 1.81 bits per heavy atom. The van der Waals surface area contributed by atoms with Gasteiger partial charge in [0.2, 0.25) is 11.8 Å². The average molecular weight is 388 g/mol. The summed E-state index contributed by atoms with van der Waals surface area (Å²) in [5.74, 6) is 0.569. The summed E-state index contributed by atoms with van der Waals surface area (Å²) in [6, 6.07) is 13.4. The van der Waals surface area contributed by atoms with Crippen LogP contribution in [-0.2, 0) is 11.3 Å². The molecule has 1 aromatic heterocycles. The number of aryl methyl sites for hydroxylation is 2. The second kappa shape index (κ2) is 8.38. The number of hydrogen-bond acceptors (Lipinski definition) is 5. The summed E-state index contributed by atoms with van der Waals surface area (Å²) in [4.78, 5) is 12.0. The third kappa shape index (κ3) is 5.09. The van der Waals surface area contributed by atoms with Crippen molar-refractivity contribution in [1.82, 2.24) is 15.5 Å². The monoisotopic (exact) mass is 387 g/mol. The number of nitrogens with zero attached hydrogens (tertiary/aromatic N) is 2. The highest BCUT2D eigenvalue weighted by Crippen LogP contribution is 2.24. The molecule has 1 amide bonds. The van der Waals surface area contributed by atoms with Gasteiger partial charge in [-0.1, -0.05) is 52.7 Å². The molecular weight excluding hydrogens is 370 g/mol. The molecule has 0 aliphatic carbocycles. The van der Waals surface area contributed by atoms with Gasteiger partial charge in [-0.2, -0.15) is 0 Å². The van der Waals surface area contributed by atoms with E-state index in [1.807, 2.05) is 38.1 Å². The zero-order valence-corrected chi connectivity index (χ0v) is 16.0. The fourth-order valence-corrected chi connectivity index (χ4v) is 3.18. The van der Waals surface area contributed by atoms with Crippen LogP contribution in [0.2, 0.25) is 5.02 Å². The third-order valence-corrected chi connectivity index (χ3v) is 4.68. The summed E-state index contributed by atoms with van der Waals surface area (Å²) in [7, 11) is 0. The van der Waals surface area contributed by atoms with Gasteiger partial charge in [-0.15, -0.1) is 10.2 Å². The Morgan fingerprint density at radius 1 is 1.12 bits per heavy atom. The summed E-state index contributed by atoms with van der Waals surface area (Å²) in [5.41, 5.74) is 4.14. The van der Waals surface area contributed by atoms with E-state index < -0.39 is 0 Å². The highest BCUT2D eigenvalue weighted by molar-refractivity contribution is 7.99. The molecule has 0 aliphatic rings. The Labute approximate surface area is 161 Å². The largest absolute Gasteiger partial charge is 0.411 e. The van der Waals surface area contributed by atoms with E-state index >= 15 is 0 Å². The van der Waals surface area contributed by atoms with Gasteiger partial charge in [0, 0.05) is 17.1 Å². The molecule has 26 heavy (non-hydrogen) atoms. The molecular formula is C19H18ClN3O2S. The molecule has 0 spiro atoms. The minimum atomic E-state index is -0.101. The van der Waals surface area contributed by atoms with Gasteiger partial charge in [-0.3, -0.25) is 4.79 Å². The first-order valence-corrected chi connectivity index (χ1v) is 9.42. The number of carbonyl (C=O) groups is 1. The van der Waals surface area contributed by atoms with Crippen molar-refractivity contribution < 1.29 is 9.21 Å². The van der Waals surface area contributed by atoms with Crippen LogP contribution in [0.25, 0.3) is 11.5 Å². The minimum absolute atomic E-state index is 0.101. The van der Waals surface area contributed by atoms with Crippen LogP contribution in [0.1, 0.15) is 16.7 Å². The van der Waals surface area contributed by atoms with Crippen molar-refractivity contribution in [3.05, 3.63) is 64.2 Å². The summed E-state index contributed by atoms with van der Waals surface area (Å²) < 4.78 is 5.65. The molecule has 2 aromatic carbocycles. The predicted octanol–water partition coefficient (Wildman–Crippen LogP) is 4.42. The van der Waals surface area contributed by atoms with Crippen molar-refractivity contribution in [2.75, 3.05) is 5.75 Å². The Kier molecular flexibility index (Phi) is 5.96. The van der Waals surface area contributed by atoms with Gasteiger partial charge in [-0.05, 0) is 43.7 Å². The van der Waals surface area contributed by atoms with E-state index in [2.05, 4.69) is 21.6 Å². The molecule has 0 unspecified atom stereocenters. The van der Waals surface area contributed by atoms with Crippen LogP contribution >= 0.6 is 23.4 Å². The summed E-state index contributed by atoms with van der Waals surface area (Å²) >= 11 is 7.06. The van der Waals surface area contributed by atoms with Crippen molar-refractivity contribution >= 4 is 29.3 Å². The molecule has 7 heteroatoms. The zero-order valence-electron chi connectivity index (χ0n) is 14.5. The molecule has 0 saturated carbocycles. The average Bonchev–Trinajstić information content (AvgIpc) is 3.08. The highest BCUT2D eigenvalue weighted by atomic mass is 35.5. The molecule has 3 rings (SSSR count). The van der Waals surface area contributed by atoms with Crippen molar-refractivity contribution in [2.24, 2.45) is 0 Å². The van der Waals surface area contributed by atoms with Crippen molar-refractivity contribution in [1.29, 1.82) is 0 Å². The Balaban J connectivity index is 1.52. The number of aromatic nitrogens is 2. The third-order valence-electron chi connectivity index (χ3n) is 3.60. The lowest BCUT2D eigenvalue weighted by Crippen LogP contribution is -2.24. The van der Waals surface area contributed by atoms with E-state index in [-0.39, 0.29) is 11.7 Å². The summed E-state index contributed by atoms with van der Waals surface area (Å²) in [5, 5.41) is 12.0. The van der Waals surface area contributed by atoms with Gasteiger partial charge in [-0.25, -0.2) is 0 Å². The minimum Gasteiger partial charge on any atom is -0.411 e. The fourth-order valence-electron chi connectivity index (χ4n) is 2.46. The molecule has 0 atom stereocenters. The lowest BCUT2D eigenvalue weighted by atomic mass is 10.1.